The first-order chi connectivity index (χ1) is 8.79. The normalized spacial score (nSPS) is 23.7. The summed E-state index contributed by atoms with van der Waals surface area (Å²) >= 11 is 0. The number of carboxylic acid groups (broad SMARTS) is 1. The summed E-state index contributed by atoms with van der Waals surface area (Å²) in [7, 11) is 0. The van der Waals surface area contributed by atoms with Gasteiger partial charge < -0.3 is 15.7 Å². The summed E-state index contributed by atoms with van der Waals surface area (Å²) in [5.41, 5.74) is 0. The van der Waals surface area contributed by atoms with Gasteiger partial charge in [-0.3, -0.25) is 4.79 Å². The number of hydrogen-bond donors (Lipinski definition) is 3. The fourth-order valence-electron chi connectivity index (χ4n) is 2.24. The number of halogens is 3. The third-order valence-electron chi connectivity index (χ3n) is 3.20. The fraction of sp³-hybridized carbons (Fsp3) is 0.818. The first kappa shape index (κ1) is 15.6. The van der Waals surface area contributed by atoms with Crippen LogP contribution >= 0.6 is 0 Å². The van der Waals surface area contributed by atoms with Crippen molar-refractivity contribution < 1.29 is 27.9 Å². The molecule has 1 aliphatic rings. The molecule has 0 aliphatic heterocycles. The molecule has 110 valence electrons. The summed E-state index contributed by atoms with van der Waals surface area (Å²) in [6, 6.07) is -0.924. The van der Waals surface area contributed by atoms with E-state index in [4.69, 9.17) is 5.11 Å². The van der Waals surface area contributed by atoms with Crippen molar-refractivity contribution in [3.05, 3.63) is 0 Å². The largest absolute Gasteiger partial charge is 0.481 e. The van der Waals surface area contributed by atoms with E-state index in [2.05, 4.69) is 5.32 Å². The summed E-state index contributed by atoms with van der Waals surface area (Å²) in [5, 5.41) is 13.0. The third-order valence-corrected chi connectivity index (χ3v) is 3.20. The van der Waals surface area contributed by atoms with Crippen LogP contribution in [0.1, 0.15) is 25.7 Å². The average Bonchev–Trinajstić information content (AvgIpc) is 2.33. The van der Waals surface area contributed by atoms with Gasteiger partial charge in [-0.25, -0.2) is 4.79 Å². The van der Waals surface area contributed by atoms with E-state index in [1.165, 1.54) is 0 Å². The van der Waals surface area contributed by atoms with Crippen LogP contribution in [0.4, 0.5) is 18.0 Å². The Morgan fingerprint density at radius 1 is 1.16 bits per heavy atom. The van der Waals surface area contributed by atoms with Gasteiger partial charge in [0.05, 0.1) is 5.92 Å². The smallest absolute Gasteiger partial charge is 0.405 e. The highest BCUT2D eigenvalue weighted by atomic mass is 19.4. The van der Waals surface area contributed by atoms with Gasteiger partial charge in [0.25, 0.3) is 0 Å². The van der Waals surface area contributed by atoms with Gasteiger partial charge in [-0.15, -0.1) is 0 Å². The molecule has 0 saturated heterocycles. The number of rotatable bonds is 4. The van der Waals surface area contributed by atoms with Crippen molar-refractivity contribution in [2.24, 2.45) is 11.8 Å². The number of alkyl halides is 3. The molecule has 2 atom stereocenters. The molecule has 0 aromatic carbocycles. The van der Waals surface area contributed by atoms with Crippen LogP contribution in [0.15, 0.2) is 0 Å². The second kappa shape index (κ2) is 6.63. The zero-order chi connectivity index (χ0) is 14.5. The Morgan fingerprint density at radius 3 is 2.37 bits per heavy atom. The first-order valence-corrected chi connectivity index (χ1v) is 6.11. The predicted molar refractivity (Wildman–Crippen MR) is 60.5 cm³/mol. The number of hydrogen-bond acceptors (Lipinski definition) is 2. The molecule has 2 amide bonds. The molecule has 0 heterocycles. The van der Waals surface area contributed by atoms with E-state index in [0.29, 0.717) is 12.8 Å². The maximum Gasteiger partial charge on any atom is 0.405 e. The SMILES string of the molecule is O=C(NCC1CCCCC1C(=O)O)NCC(F)(F)F. The lowest BCUT2D eigenvalue weighted by Crippen LogP contribution is -2.44. The summed E-state index contributed by atoms with van der Waals surface area (Å²) in [5.74, 6) is -1.67. The van der Waals surface area contributed by atoms with Gasteiger partial charge in [0.1, 0.15) is 6.54 Å². The van der Waals surface area contributed by atoms with Gasteiger partial charge in [0.2, 0.25) is 0 Å². The molecule has 3 N–H and O–H groups in total. The number of carboxylic acids is 1. The van der Waals surface area contributed by atoms with E-state index in [9.17, 15) is 22.8 Å². The maximum absolute atomic E-state index is 11.9. The Morgan fingerprint density at radius 2 is 1.79 bits per heavy atom. The lowest BCUT2D eigenvalue weighted by Gasteiger charge is -2.28. The molecule has 19 heavy (non-hydrogen) atoms. The Bertz CT molecular complexity index is 334. The number of nitrogens with one attached hydrogen (secondary N) is 2. The number of carbonyl (C=O) groups excluding carboxylic acids is 1. The molecule has 0 radical (unpaired) electrons. The van der Waals surface area contributed by atoms with Gasteiger partial charge in [-0.1, -0.05) is 12.8 Å². The molecular formula is C11H17F3N2O3. The molecule has 5 nitrogen and oxygen atoms in total. The molecule has 1 saturated carbocycles. The number of urea groups is 1. The molecule has 0 aromatic rings. The Kier molecular flexibility index (Phi) is 5.44. The zero-order valence-electron chi connectivity index (χ0n) is 10.3. The first-order valence-electron chi connectivity index (χ1n) is 6.11. The van der Waals surface area contributed by atoms with E-state index >= 15 is 0 Å². The quantitative estimate of drug-likeness (QED) is 0.735. The lowest BCUT2D eigenvalue weighted by atomic mass is 9.79. The van der Waals surface area contributed by atoms with Gasteiger partial charge in [-0.2, -0.15) is 13.2 Å². The Labute approximate surface area is 108 Å². The van der Waals surface area contributed by atoms with Gasteiger partial charge in [0.15, 0.2) is 0 Å². The van der Waals surface area contributed by atoms with Gasteiger partial charge in [-0.05, 0) is 18.8 Å². The topological polar surface area (TPSA) is 78.4 Å². The molecule has 8 heteroatoms. The second-order valence-electron chi connectivity index (χ2n) is 4.67. The minimum absolute atomic E-state index is 0.0840. The molecule has 1 aliphatic carbocycles. The Balaban J connectivity index is 2.34. The van der Waals surface area contributed by atoms with E-state index in [1.54, 1.807) is 5.32 Å². The van der Waals surface area contributed by atoms with Gasteiger partial charge in [0, 0.05) is 6.54 Å². The monoisotopic (exact) mass is 282 g/mol. The number of amides is 2. The fourth-order valence-corrected chi connectivity index (χ4v) is 2.24. The summed E-state index contributed by atoms with van der Waals surface area (Å²) < 4.78 is 35.6. The summed E-state index contributed by atoms with van der Waals surface area (Å²) in [6.07, 6.45) is -1.54. The highest BCUT2D eigenvalue weighted by Crippen LogP contribution is 2.29. The molecule has 0 bridgehead atoms. The van der Waals surface area contributed by atoms with Crippen molar-refractivity contribution in [1.29, 1.82) is 0 Å². The van der Waals surface area contributed by atoms with Crippen LogP contribution in [0.2, 0.25) is 0 Å². The highest BCUT2D eigenvalue weighted by molar-refractivity contribution is 5.74. The average molecular weight is 282 g/mol. The molecule has 0 aromatic heterocycles. The summed E-state index contributed by atoms with van der Waals surface area (Å²) in [4.78, 5) is 22.1. The van der Waals surface area contributed by atoms with Crippen molar-refractivity contribution in [2.75, 3.05) is 13.1 Å². The van der Waals surface area contributed by atoms with E-state index in [1.807, 2.05) is 0 Å². The number of carbonyl (C=O) groups is 2. The predicted octanol–water partition coefficient (Wildman–Crippen LogP) is 1.74. The number of aliphatic carboxylic acids is 1. The van der Waals surface area contributed by atoms with Crippen LogP contribution in [0, 0.1) is 11.8 Å². The minimum atomic E-state index is -4.45. The Hall–Kier alpha value is -1.47. The zero-order valence-corrected chi connectivity index (χ0v) is 10.3. The molecule has 0 spiro atoms. The van der Waals surface area contributed by atoms with Crippen LogP contribution < -0.4 is 10.6 Å². The molecule has 1 rings (SSSR count). The van der Waals surface area contributed by atoms with Crippen LogP contribution in [-0.2, 0) is 4.79 Å². The van der Waals surface area contributed by atoms with Crippen molar-refractivity contribution in [1.82, 2.24) is 10.6 Å². The van der Waals surface area contributed by atoms with Crippen LogP contribution in [-0.4, -0.2) is 36.4 Å². The second-order valence-corrected chi connectivity index (χ2v) is 4.67. The maximum atomic E-state index is 11.9. The highest BCUT2D eigenvalue weighted by Gasteiger charge is 2.31. The van der Waals surface area contributed by atoms with Crippen LogP contribution in [0.5, 0.6) is 0 Å². The van der Waals surface area contributed by atoms with E-state index in [0.717, 1.165) is 12.8 Å². The van der Waals surface area contributed by atoms with Crippen LogP contribution in [0.25, 0.3) is 0 Å². The van der Waals surface area contributed by atoms with Crippen LogP contribution in [0.3, 0.4) is 0 Å². The minimum Gasteiger partial charge on any atom is -0.481 e. The van der Waals surface area contributed by atoms with Crippen molar-refractivity contribution >= 4 is 12.0 Å². The van der Waals surface area contributed by atoms with E-state index < -0.39 is 30.6 Å². The van der Waals surface area contributed by atoms with Gasteiger partial charge >= 0.3 is 18.2 Å². The van der Waals surface area contributed by atoms with Crippen molar-refractivity contribution in [3.8, 4) is 0 Å². The molecule has 1 fully saturated rings. The lowest BCUT2D eigenvalue weighted by molar-refractivity contribution is -0.144. The van der Waals surface area contributed by atoms with Crippen molar-refractivity contribution in [3.63, 3.8) is 0 Å². The molecular weight excluding hydrogens is 265 g/mol. The molecule has 2 unspecified atom stereocenters. The third kappa shape index (κ3) is 5.80. The standard InChI is InChI=1S/C11H17F3N2O3/c12-11(13,14)6-16-10(19)15-5-7-3-1-2-4-8(7)9(17)18/h7-8H,1-6H2,(H,17,18)(H2,15,16,19). The van der Waals surface area contributed by atoms with Crippen molar-refractivity contribution in [2.45, 2.75) is 31.9 Å². The summed E-state index contributed by atoms with van der Waals surface area (Å²) in [6.45, 7) is -1.31. The van der Waals surface area contributed by atoms with E-state index in [-0.39, 0.29) is 12.5 Å².